The number of hydrogen-bond donors (Lipinski definition) is 1. The minimum atomic E-state index is -0.228. The molecule has 1 aromatic rings. The van der Waals surface area contributed by atoms with Crippen LogP contribution in [0.3, 0.4) is 0 Å². The molecular formula is C14H20BrNO4. The topological polar surface area (TPSA) is 56.8 Å². The molecule has 0 radical (unpaired) electrons. The van der Waals surface area contributed by atoms with E-state index in [4.69, 9.17) is 14.2 Å². The molecule has 0 spiro atoms. The molecule has 1 N–H and O–H groups in total. The van der Waals surface area contributed by atoms with Gasteiger partial charge in [-0.1, -0.05) is 22.0 Å². The largest absolute Gasteiger partial charge is 0.493 e. The van der Waals surface area contributed by atoms with E-state index < -0.39 is 0 Å². The van der Waals surface area contributed by atoms with Crippen LogP contribution in [0.4, 0.5) is 0 Å². The van der Waals surface area contributed by atoms with Crippen LogP contribution in [0.5, 0.6) is 11.5 Å². The maximum atomic E-state index is 11.5. The van der Waals surface area contributed by atoms with E-state index in [0.717, 1.165) is 5.56 Å². The summed E-state index contributed by atoms with van der Waals surface area (Å²) in [6.45, 7) is 0.415. The van der Waals surface area contributed by atoms with Gasteiger partial charge in [-0.05, 0) is 17.7 Å². The van der Waals surface area contributed by atoms with Crippen molar-refractivity contribution in [2.24, 2.45) is 0 Å². The molecule has 1 aromatic carbocycles. The standard InChI is InChI=1S/C14H20BrNO4/c1-18-11-5-4-10(8-12(11)19-2)13(20-3)9-16-14(17)6-7-15/h4-5,8,13H,6-7,9H2,1-3H3,(H,16,17). The van der Waals surface area contributed by atoms with Gasteiger partial charge in [-0.15, -0.1) is 0 Å². The summed E-state index contributed by atoms with van der Waals surface area (Å²) in [5, 5.41) is 3.48. The van der Waals surface area contributed by atoms with Gasteiger partial charge >= 0.3 is 0 Å². The minimum Gasteiger partial charge on any atom is -0.493 e. The third kappa shape index (κ3) is 4.68. The minimum absolute atomic E-state index is 0.00981. The number of benzene rings is 1. The molecule has 5 nitrogen and oxygen atoms in total. The van der Waals surface area contributed by atoms with Gasteiger partial charge < -0.3 is 19.5 Å². The average molecular weight is 346 g/mol. The van der Waals surface area contributed by atoms with E-state index in [1.807, 2.05) is 18.2 Å². The highest BCUT2D eigenvalue weighted by Crippen LogP contribution is 2.30. The first-order valence-electron chi connectivity index (χ1n) is 6.23. The molecule has 1 rings (SSSR count). The summed E-state index contributed by atoms with van der Waals surface area (Å²) in [4.78, 5) is 11.5. The summed E-state index contributed by atoms with van der Waals surface area (Å²) in [6.07, 6.45) is 0.219. The molecule has 0 aliphatic rings. The SMILES string of the molecule is COc1ccc(C(CNC(=O)CCBr)OC)cc1OC. The van der Waals surface area contributed by atoms with Crippen LogP contribution < -0.4 is 14.8 Å². The molecule has 112 valence electrons. The molecule has 0 saturated carbocycles. The van der Waals surface area contributed by atoms with Gasteiger partial charge in [-0.3, -0.25) is 4.79 Å². The fraction of sp³-hybridized carbons (Fsp3) is 0.500. The van der Waals surface area contributed by atoms with Crippen molar-refractivity contribution in [2.75, 3.05) is 33.2 Å². The number of carbonyl (C=O) groups excluding carboxylic acids is 1. The predicted octanol–water partition coefficient (Wildman–Crippen LogP) is 2.29. The Labute approximate surface area is 127 Å². The lowest BCUT2D eigenvalue weighted by Gasteiger charge is -2.18. The second-order valence-corrected chi connectivity index (χ2v) is 4.87. The third-order valence-corrected chi connectivity index (χ3v) is 3.27. The van der Waals surface area contributed by atoms with Gasteiger partial charge in [0.2, 0.25) is 5.91 Å². The molecule has 0 bridgehead atoms. The molecule has 0 heterocycles. The zero-order chi connectivity index (χ0) is 15.0. The molecule has 6 heteroatoms. The molecule has 1 unspecified atom stereocenters. The normalized spacial score (nSPS) is 11.8. The zero-order valence-corrected chi connectivity index (χ0v) is 13.5. The Bertz CT molecular complexity index is 439. The first kappa shape index (κ1) is 16.8. The highest BCUT2D eigenvalue weighted by atomic mass is 79.9. The van der Waals surface area contributed by atoms with Crippen LogP contribution >= 0.6 is 15.9 Å². The number of carbonyl (C=O) groups is 1. The average Bonchev–Trinajstić information content (AvgIpc) is 2.47. The summed E-state index contributed by atoms with van der Waals surface area (Å²) in [7, 11) is 4.78. The number of rotatable bonds is 8. The predicted molar refractivity (Wildman–Crippen MR) is 80.7 cm³/mol. The highest BCUT2D eigenvalue weighted by Gasteiger charge is 2.14. The number of nitrogens with one attached hydrogen (secondary N) is 1. The van der Waals surface area contributed by atoms with Gasteiger partial charge in [0.05, 0.1) is 20.3 Å². The van der Waals surface area contributed by atoms with Crippen molar-refractivity contribution in [3.8, 4) is 11.5 Å². The second kappa shape index (κ2) is 8.81. The molecule has 0 aromatic heterocycles. The summed E-state index contributed by atoms with van der Waals surface area (Å²) < 4.78 is 15.9. The fourth-order valence-electron chi connectivity index (χ4n) is 1.77. The van der Waals surface area contributed by atoms with Crippen LogP contribution in [0.2, 0.25) is 0 Å². The smallest absolute Gasteiger partial charge is 0.220 e. The molecule has 1 amide bonds. The van der Waals surface area contributed by atoms with E-state index in [1.54, 1.807) is 21.3 Å². The number of alkyl halides is 1. The van der Waals surface area contributed by atoms with Gasteiger partial charge in [0, 0.05) is 25.4 Å². The number of amides is 1. The molecular weight excluding hydrogens is 326 g/mol. The van der Waals surface area contributed by atoms with Crippen molar-refractivity contribution < 1.29 is 19.0 Å². The van der Waals surface area contributed by atoms with Crippen LogP contribution in [-0.4, -0.2) is 39.1 Å². The van der Waals surface area contributed by atoms with Gasteiger partial charge in [0.1, 0.15) is 0 Å². The molecule has 20 heavy (non-hydrogen) atoms. The lowest BCUT2D eigenvalue weighted by Crippen LogP contribution is -2.29. The molecule has 1 atom stereocenters. The number of hydrogen-bond acceptors (Lipinski definition) is 4. The monoisotopic (exact) mass is 345 g/mol. The van der Waals surface area contributed by atoms with Crippen LogP contribution in [0, 0.1) is 0 Å². The third-order valence-electron chi connectivity index (χ3n) is 2.87. The van der Waals surface area contributed by atoms with Crippen molar-refractivity contribution in [3.63, 3.8) is 0 Å². The van der Waals surface area contributed by atoms with Crippen LogP contribution in [0.1, 0.15) is 18.1 Å². The first-order chi connectivity index (χ1) is 9.65. The highest BCUT2D eigenvalue weighted by molar-refractivity contribution is 9.09. The van der Waals surface area contributed by atoms with E-state index in [0.29, 0.717) is 29.8 Å². The van der Waals surface area contributed by atoms with Crippen LogP contribution in [-0.2, 0) is 9.53 Å². The van der Waals surface area contributed by atoms with Crippen molar-refractivity contribution in [1.29, 1.82) is 0 Å². The first-order valence-corrected chi connectivity index (χ1v) is 7.35. The molecule has 0 aliphatic carbocycles. The van der Waals surface area contributed by atoms with E-state index in [9.17, 15) is 4.79 Å². The lowest BCUT2D eigenvalue weighted by molar-refractivity contribution is -0.121. The van der Waals surface area contributed by atoms with E-state index in [-0.39, 0.29) is 12.0 Å². The maximum absolute atomic E-state index is 11.5. The van der Waals surface area contributed by atoms with E-state index in [1.165, 1.54) is 0 Å². The van der Waals surface area contributed by atoms with Gasteiger partial charge in [-0.2, -0.15) is 0 Å². The maximum Gasteiger partial charge on any atom is 0.220 e. The zero-order valence-electron chi connectivity index (χ0n) is 11.9. The van der Waals surface area contributed by atoms with E-state index >= 15 is 0 Å². The summed E-state index contributed by atoms with van der Waals surface area (Å²) in [5.41, 5.74) is 0.921. The van der Waals surface area contributed by atoms with E-state index in [2.05, 4.69) is 21.2 Å². The quantitative estimate of drug-likeness (QED) is 0.734. The number of ether oxygens (including phenoxy) is 3. The Balaban J connectivity index is 2.76. The Kier molecular flexibility index (Phi) is 7.40. The Morgan fingerprint density at radius 2 is 1.95 bits per heavy atom. The summed E-state index contributed by atoms with van der Waals surface area (Å²) in [6, 6.07) is 5.57. The van der Waals surface area contributed by atoms with Crippen molar-refractivity contribution in [3.05, 3.63) is 23.8 Å². The Morgan fingerprint density at radius 1 is 1.25 bits per heavy atom. The lowest BCUT2D eigenvalue weighted by atomic mass is 10.1. The van der Waals surface area contributed by atoms with Crippen LogP contribution in [0.25, 0.3) is 0 Å². The fourth-order valence-corrected chi connectivity index (χ4v) is 2.13. The van der Waals surface area contributed by atoms with Crippen molar-refractivity contribution in [1.82, 2.24) is 5.32 Å². The van der Waals surface area contributed by atoms with Gasteiger partial charge in [0.25, 0.3) is 0 Å². The molecule has 0 aliphatic heterocycles. The summed E-state index contributed by atoms with van der Waals surface area (Å²) >= 11 is 3.23. The van der Waals surface area contributed by atoms with Gasteiger partial charge in [0.15, 0.2) is 11.5 Å². The Hall–Kier alpha value is -1.27. The summed E-state index contributed by atoms with van der Waals surface area (Å²) in [5.74, 6) is 1.29. The Morgan fingerprint density at radius 3 is 2.50 bits per heavy atom. The molecule has 0 fully saturated rings. The van der Waals surface area contributed by atoms with Crippen molar-refractivity contribution >= 4 is 21.8 Å². The van der Waals surface area contributed by atoms with Gasteiger partial charge in [-0.25, -0.2) is 0 Å². The molecule has 0 saturated heterocycles. The second-order valence-electron chi connectivity index (χ2n) is 4.08. The van der Waals surface area contributed by atoms with Crippen LogP contribution in [0.15, 0.2) is 18.2 Å². The van der Waals surface area contributed by atoms with Crippen molar-refractivity contribution in [2.45, 2.75) is 12.5 Å². The number of methoxy groups -OCH3 is 3. The number of halogens is 1.